The van der Waals surface area contributed by atoms with E-state index in [1.54, 1.807) is 7.11 Å². The first kappa shape index (κ1) is 10.2. The Hall–Kier alpha value is -1.28. The Morgan fingerprint density at radius 1 is 1.27 bits per heavy atom. The minimum Gasteiger partial charge on any atom is -0.496 e. The van der Waals surface area contributed by atoms with Crippen LogP contribution in [0.25, 0.3) is 16.8 Å². The highest BCUT2D eigenvalue weighted by atomic mass is 79.9. The smallest absolute Gasteiger partial charge is 0.126 e. The van der Waals surface area contributed by atoms with Gasteiger partial charge in [-0.15, -0.1) is 0 Å². The van der Waals surface area contributed by atoms with Gasteiger partial charge >= 0.3 is 0 Å². The van der Waals surface area contributed by atoms with Gasteiger partial charge in [-0.3, -0.25) is 0 Å². The number of benzene rings is 2. The zero-order valence-electron chi connectivity index (χ0n) is 8.46. The molecule has 0 fully saturated rings. The van der Waals surface area contributed by atoms with Crippen molar-refractivity contribution in [2.24, 2.45) is 0 Å². The molecule has 0 aliphatic rings. The lowest BCUT2D eigenvalue weighted by molar-refractivity contribution is 0.414. The lowest BCUT2D eigenvalue weighted by atomic mass is 10.0. The Kier molecular flexibility index (Phi) is 2.78. The predicted octanol–water partition coefficient (Wildman–Crippen LogP) is 4.25. The van der Waals surface area contributed by atoms with Crippen molar-refractivity contribution >= 4 is 32.8 Å². The summed E-state index contributed by atoms with van der Waals surface area (Å²) in [6.45, 7) is 3.82. The summed E-state index contributed by atoms with van der Waals surface area (Å²) in [5.74, 6) is 0.861. The first-order valence-corrected chi connectivity index (χ1v) is 5.44. The summed E-state index contributed by atoms with van der Waals surface area (Å²) in [7, 11) is 1.67. The maximum atomic E-state index is 5.29. The molecule has 0 N–H and O–H groups in total. The number of hydrogen-bond acceptors (Lipinski definition) is 1. The van der Waals surface area contributed by atoms with Crippen LogP contribution in [-0.4, -0.2) is 7.11 Å². The fourth-order valence-electron chi connectivity index (χ4n) is 1.69. The molecule has 0 aliphatic carbocycles. The van der Waals surface area contributed by atoms with E-state index in [0.717, 1.165) is 21.2 Å². The van der Waals surface area contributed by atoms with Gasteiger partial charge in [0.2, 0.25) is 0 Å². The zero-order chi connectivity index (χ0) is 10.8. The molecular weight excluding hydrogens is 252 g/mol. The molecule has 2 aromatic carbocycles. The summed E-state index contributed by atoms with van der Waals surface area (Å²) < 4.78 is 6.37. The fraction of sp³-hybridized carbons (Fsp3) is 0.0769. The van der Waals surface area contributed by atoms with Crippen molar-refractivity contribution in [2.45, 2.75) is 0 Å². The zero-order valence-corrected chi connectivity index (χ0v) is 10.0. The second-order valence-electron chi connectivity index (χ2n) is 3.25. The van der Waals surface area contributed by atoms with E-state index in [2.05, 4.69) is 34.6 Å². The summed E-state index contributed by atoms with van der Waals surface area (Å²) in [6, 6.07) is 10.2. The molecule has 0 aliphatic heterocycles. The number of ether oxygens (including phenoxy) is 1. The van der Waals surface area contributed by atoms with E-state index >= 15 is 0 Å². The molecule has 0 amide bonds. The van der Waals surface area contributed by atoms with Crippen LogP contribution in [-0.2, 0) is 0 Å². The summed E-state index contributed by atoms with van der Waals surface area (Å²) in [5, 5.41) is 2.34. The average Bonchev–Trinajstić information content (AvgIpc) is 2.27. The Morgan fingerprint density at radius 3 is 2.73 bits per heavy atom. The molecule has 0 bridgehead atoms. The number of fused-ring (bicyclic) bond motifs is 1. The summed E-state index contributed by atoms with van der Waals surface area (Å²) >= 11 is 3.46. The van der Waals surface area contributed by atoms with Crippen molar-refractivity contribution in [3.8, 4) is 5.75 Å². The molecule has 15 heavy (non-hydrogen) atoms. The number of methoxy groups -OCH3 is 1. The third-order valence-electron chi connectivity index (χ3n) is 2.41. The Labute approximate surface area is 97.5 Å². The molecule has 2 heteroatoms. The molecule has 0 radical (unpaired) electrons. The number of halogens is 1. The highest BCUT2D eigenvalue weighted by Gasteiger charge is 2.04. The van der Waals surface area contributed by atoms with Crippen LogP contribution in [0.4, 0.5) is 0 Å². The predicted molar refractivity (Wildman–Crippen MR) is 68.3 cm³/mol. The van der Waals surface area contributed by atoms with Crippen molar-refractivity contribution in [2.75, 3.05) is 7.11 Å². The standard InChI is InChI=1S/C13H11BrO/c1-3-11-12-6-5-10(14)8-9(12)4-7-13(11)15-2/h3-8H,1H2,2H3. The average molecular weight is 263 g/mol. The van der Waals surface area contributed by atoms with Crippen LogP contribution in [0.2, 0.25) is 0 Å². The summed E-state index contributed by atoms with van der Waals surface area (Å²) in [6.07, 6.45) is 1.83. The third kappa shape index (κ3) is 1.77. The van der Waals surface area contributed by atoms with Crippen molar-refractivity contribution < 1.29 is 4.74 Å². The van der Waals surface area contributed by atoms with Gasteiger partial charge in [-0.1, -0.05) is 40.7 Å². The molecule has 2 rings (SSSR count). The van der Waals surface area contributed by atoms with Crippen LogP contribution in [0, 0.1) is 0 Å². The largest absolute Gasteiger partial charge is 0.496 e. The van der Waals surface area contributed by atoms with Gasteiger partial charge in [0, 0.05) is 10.0 Å². The van der Waals surface area contributed by atoms with Gasteiger partial charge < -0.3 is 4.74 Å². The molecule has 0 spiro atoms. The van der Waals surface area contributed by atoms with Crippen LogP contribution in [0.3, 0.4) is 0 Å². The van der Waals surface area contributed by atoms with Gasteiger partial charge in [0.1, 0.15) is 5.75 Å². The quantitative estimate of drug-likeness (QED) is 0.786. The minimum atomic E-state index is 0.861. The van der Waals surface area contributed by atoms with Crippen molar-refractivity contribution in [1.82, 2.24) is 0 Å². The normalized spacial score (nSPS) is 10.3. The molecule has 1 nitrogen and oxygen atoms in total. The van der Waals surface area contributed by atoms with Crippen LogP contribution >= 0.6 is 15.9 Å². The molecule has 0 atom stereocenters. The van der Waals surface area contributed by atoms with E-state index in [9.17, 15) is 0 Å². The van der Waals surface area contributed by atoms with Crippen molar-refractivity contribution in [1.29, 1.82) is 0 Å². The van der Waals surface area contributed by atoms with E-state index in [0.29, 0.717) is 0 Å². The Morgan fingerprint density at radius 2 is 2.07 bits per heavy atom. The first-order valence-electron chi connectivity index (χ1n) is 4.65. The van der Waals surface area contributed by atoms with Crippen LogP contribution in [0.5, 0.6) is 5.75 Å². The fourth-order valence-corrected chi connectivity index (χ4v) is 2.07. The lowest BCUT2D eigenvalue weighted by Crippen LogP contribution is -1.88. The lowest BCUT2D eigenvalue weighted by Gasteiger charge is -2.08. The SMILES string of the molecule is C=Cc1c(OC)ccc2cc(Br)ccc12. The molecule has 0 unspecified atom stereocenters. The van der Waals surface area contributed by atoms with Gasteiger partial charge in [0.05, 0.1) is 7.11 Å². The maximum Gasteiger partial charge on any atom is 0.126 e. The topological polar surface area (TPSA) is 9.23 Å². The van der Waals surface area contributed by atoms with Gasteiger partial charge in [-0.05, 0) is 29.0 Å². The first-order chi connectivity index (χ1) is 7.26. The third-order valence-corrected chi connectivity index (χ3v) is 2.90. The van der Waals surface area contributed by atoms with Crippen LogP contribution < -0.4 is 4.74 Å². The molecule has 76 valence electrons. The molecule has 0 saturated carbocycles. The molecular formula is C13H11BrO. The van der Waals surface area contributed by atoms with E-state index < -0.39 is 0 Å². The van der Waals surface area contributed by atoms with Gasteiger partial charge in [-0.2, -0.15) is 0 Å². The van der Waals surface area contributed by atoms with Crippen molar-refractivity contribution in [3.63, 3.8) is 0 Å². The van der Waals surface area contributed by atoms with Gasteiger partial charge in [0.15, 0.2) is 0 Å². The maximum absolute atomic E-state index is 5.29. The monoisotopic (exact) mass is 262 g/mol. The molecule has 0 heterocycles. The molecule has 2 aromatic rings. The summed E-state index contributed by atoms with van der Waals surface area (Å²) in [4.78, 5) is 0. The Bertz CT molecular complexity index is 517. The molecule has 0 aromatic heterocycles. The highest BCUT2D eigenvalue weighted by molar-refractivity contribution is 9.10. The molecule has 0 saturated heterocycles. The van der Waals surface area contributed by atoms with Gasteiger partial charge in [-0.25, -0.2) is 0 Å². The van der Waals surface area contributed by atoms with E-state index in [1.165, 1.54) is 5.39 Å². The van der Waals surface area contributed by atoms with Crippen molar-refractivity contribution in [3.05, 3.63) is 46.9 Å². The number of hydrogen-bond donors (Lipinski definition) is 0. The highest BCUT2D eigenvalue weighted by Crippen LogP contribution is 2.30. The van der Waals surface area contributed by atoms with Crippen LogP contribution in [0.1, 0.15) is 5.56 Å². The summed E-state index contributed by atoms with van der Waals surface area (Å²) in [5.41, 5.74) is 1.04. The van der Waals surface area contributed by atoms with E-state index in [1.807, 2.05) is 24.3 Å². The van der Waals surface area contributed by atoms with Crippen LogP contribution in [0.15, 0.2) is 41.4 Å². The second-order valence-corrected chi connectivity index (χ2v) is 4.17. The Balaban J connectivity index is 2.82. The van der Waals surface area contributed by atoms with E-state index in [4.69, 9.17) is 4.74 Å². The number of rotatable bonds is 2. The minimum absolute atomic E-state index is 0.861. The second kappa shape index (κ2) is 4.07. The van der Waals surface area contributed by atoms with Gasteiger partial charge in [0.25, 0.3) is 0 Å². The van der Waals surface area contributed by atoms with E-state index in [-0.39, 0.29) is 0 Å².